The molecule has 3 rings (SSSR count). The van der Waals surface area contributed by atoms with Gasteiger partial charge in [-0.25, -0.2) is 4.98 Å². The third-order valence-electron chi connectivity index (χ3n) is 2.51. The summed E-state index contributed by atoms with van der Waals surface area (Å²) in [5.41, 5.74) is 11.4. The van der Waals surface area contributed by atoms with E-state index in [1.54, 1.807) is 11.3 Å². The van der Waals surface area contributed by atoms with E-state index < -0.39 is 0 Å². The van der Waals surface area contributed by atoms with Crippen molar-refractivity contribution in [3.63, 3.8) is 0 Å². The Labute approximate surface area is 103 Å². The second kappa shape index (κ2) is 4.07. The van der Waals surface area contributed by atoms with Gasteiger partial charge in [0.1, 0.15) is 0 Å². The molecule has 0 saturated carbocycles. The van der Waals surface area contributed by atoms with Crippen molar-refractivity contribution in [3.05, 3.63) is 48.0 Å². The molecule has 2 aromatic carbocycles. The first-order valence-corrected chi connectivity index (χ1v) is 6.15. The molecule has 1 heterocycles. The summed E-state index contributed by atoms with van der Waals surface area (Å²) in [6, 6.07) is 13.8. The van der Waals surface area contributed by atoms with E-state index in [9.17, 15) is 0 Å². The van der Waals surface area contributed by atoms with Crippen LogP contribution in [0.2, 0.25) is 0 Å². The van der Waals surface area contributed by atoms with Crippen LogP contribution in [-0.2, 0) is 0 Å². The van der Waals surface area contributed by atoms with E-state index in [0.717, 1.165) is 22.6 Å². The lowest BCUT2D eigenvalue weighted by Crippen LogP contribution is -1.91. The number of thiazole rings is 1. The molecule has 3 aromatic rings. The number of hydrogen-bond acceptors (Lipinski definition) is 4. The Bertz CT molecular complexity index is 660. The number of nitrogens with zero attached hydrogens (tertiary/aromatic N) is 1. The minimum Gasteiger partial charge on any atom is -0.399 e. The molecule has 0 aliphatic rings. The zero-order valence-corrected chi connectivity index (χ0v) is 9.87. The zero-order valence-electron chi connectivity index (χ0n) is 9.05. The highest BCUT2D eigenvalue weighted by molar-refractivity contribution is 7.16. The molecular formula is C13H11N3S. The van der Waals surface area contributed by atoms with Crippen molar-refractivity contribution < 1.29 is 0 Å². The Balaban J connectivity index is 1.94. The highest BCUT2D eigenvalue weighted by Gasteiger charge is 1.99. The average Bonchev–Trinajstić information content (AvgIpc) is 2.76. The Hall–Kier alpha value is -2.07. The molecule has 0 amide bonds. The standard InChI is InChI=1S/C13H11N3S/c14-9-2-1-3-10(6-9)16-11-4-5-12-13(7-11)17-8-15-12/h1-8,16H,14H2. The smallest absolute Gasteiger partial charge is 0.0813 e. The van der Waals surface area contributed by atoms with Gasteiger partial charge in [0.15, 0.2) is 0 Å². The third-order valence-corrected chi connectivity index (χ3v) is 3.30. The highest BCUT2D eigenvalue weighted by Crippen LogP contribution is 2.24. The Kier molecular flexibility index (Phi) is 2.42. The first-order chi connectivity index (χ1) is 8.31. The summed E-state index contributed by atoms with van der Waals surface area (Å²) in [5.74, 6) is 0. The molecule has 0 aliphatic heterocycles. The van der Waals surface area contributed by atoms with Crippen LogP contribution < -0.4 is 11.1 Å². The maximum absolute atomic E-state index is 5.74. The molecule has 4 heteroatoms. The number of anilines is 3. The SMILES string of the molecule is Nc1cccc(Nc2ccc3ncsc3c2)c1. The fraction of sp³-hybridized carbons (Fsp3) is 0. The molecule has 17 heavy (non-hydrogen) atoms. The van der Waals surface area contributed by atoms with Gasteiger partial charge in [-0.05, 0) is 36.4 Å². The predicted octanol–water partition coefficient (Wildman–Crippen LogP) is 3.62. The number of nitrogens with two attached hydrogens (primary N) is 1. The van der Waals surface area contributed by atoms with Crippen LogP contribution in [0.1, 0.15) is 0 Å². The van der Waals surface area contributed by atoms with Crippen molar-refractivity contribution in [2.24, 2.45) is 0 Å². The summed E-state index contributed by atoms with van der Waals surface area (Å²) in [4.78, 5) is 4.25. The number of nitrogens with one attached hydrogen (secondary N) is 1. The molecule has 1 aromatic heterocycles. The Morgan fingerprint density at radius 3 is 2.82 bits per heavy atom. The van der Waals surface area contributed by atoms with Gasteiger partial charge in [0.05, 0.1) is 15.7 Å². The second-order valence-corrected chi connectivity index (χ2v) is 4.67. The topological polar surface area (TPSA) is 50.9 Å². The van der Waals surface area contributed by atoms with Gasteiger partial charge in [-0.2, -0.15) is 0 Å². The summed E-state index contributed by atoms with van der Waals surface area (Å²) in [6.07, 6.45) is 0. The molecule has 0 spiro atoms. The predicted molar refractivity (Wildman–Crippen MR) is 73.8 cm³/mol. The van der Waals surface area contributed by atoms with E-state index in [1.807, 2.05) is 41.9 Å². The molecule has 0 bridgehead atoms. The third kappa shape index (κ3) is 2.07. The quantitative estimate of drug-likeness (QED) is 0.674. The molecule has 3 nitrogen and oxygen atoms in total. The summed E-state index contributed by atoms with van der Waals surface area (Å²) in [7, 11) is 0. The fourth-order valence-corrected chi connectivity index (χ4v) is 2.43. The van der Waals surface area contributed by atoms with Crippen LogP contribution in [0.3, 0.4) is 0 Å². The fourth-order valence-electron chi connectivity index (χ4n) is 1.72. The number of nitrogen functional groups attached to an aromatic ring is 1. The van der Waals surface area contributed by atoms with Gasteiger partial charge in [-0.1, -0.05) is 6.07 Å². The van der Waals surface area contributed by atoms with E-state index >= 15 is 0 Å². The van der Waals surface area contributed by atoms with Gasteiger partial charge >= 0.3 is 0 Å². The lowest BCUT2D eigenvalue weighted by molar-refractivity contribution is 1.49. The van der Waals surface area contributed by atoms with Crippen LogP contribution >= 0.6 is 11.3 Å². The maximum atomic E-state index is 5.74. The average molecular weight is 241 g/mol. The van der Waals surface area contributed by atoms with Crippen LogP contribution in [0.5, 0.6) is 0 Å². The monoisotopic (exact) mass is 241 g/mol. The van der Waals surface area contributed by atoms with E-state index in [4.69, 9.17) is 5.73 Å². The first-order valence-electron chi connectivity index (χ1n) is 5.27. The number of hydrogen-bond donors (Lipinski definition) is 2. The van der Waals surface area contributed by atoms with Crippen LogP contribution in [0.4, 0.5) is 17.1 Å². The maximum Gasteiger partial charge on any atom is 0.0813 e. The minimum atomic E-state index is 0.758. The van der Waals surface area contributed by atoms with E-state index in [0.29, 0.717) is 0 Å². The molecule has 0 radical (unpaired) electrons. The normalized spacial score (nSPS) is 10.6. The van der Waals surface area contributed by atoms with Crippen molar-refractivity contribution in [3.8, 4) is 0 Å². The van der Waals surface area contributed by atoms with Crippen molar-refractivity contribution in [2.75, 3.05) is 11.1 Å². The molecule has 0 saturated heterocycles. The van der Waals surface area contributed by atoms with Crippen molar-refractivity contribution >= 4 is 38.6 Å². The molecule has 0 atom stereocenters. The van der Waals surface area contributed by atoms with Gasteiger partial charge < -0.3 is 11.1 Å². The van der Waals surface area contributed by atoms with Crippen LogP contribution in [-0.4, -0.2) is 4.98 Å². The molecule has 3 N–H and O–H groups in total. The summed E-state index contributed by atoms with van der Waals surface area (Å²) >= 11 is 1.64. The number of rotatable bonds is 2. The first kappa shape index (κ1) is 10.1. The van der Waals surface area contributed by atoms with Crippen LogP contribution in [0.15, 0.2) is 48.0 Å². The van der Waals surface area contributed by atoms with Gasteiger partial charge in [-0.15, -0.1) is 11.3 Å². The van der Waals surface area contributed by atoms with Crippen LogP contribution in [0, 0.1) is 0 Å². The molecule has 0 unspecified atom stereocenters. The highest BCUT2D eigenvalue weighted by atomic mass is 32.1. The summed E-state index contributed by atoms with van der Waals surface area (Å²) in [5, 5.41) is 3.33. The number of benzene rings is 2. The zero-order chi connectivity index (χ0) is 11.7. The van der Waals surface area contributed by atoms with Crippen molar-refractivity contribution in [1.82, 2.24) is 4.98 Å². The van der Waals surface area contributed by atoms with Gasteiger partial charge in [0, 0.05) is 17.1 Å². The molecule has 0 fully saturated rings. The summed E-state index contributed by atoms with van der Waals surface area (Å²) < 4.78 is 1.18. The minimum absolute atomic E-state index is 0.758. The van der Waals surface area contributed by atoms with Gasteiger partial charge in [0.25, 0.3) is 0 Å². The molecule has 84 valence electrons. The lowest BCUT2D eigenvalue weighted by Gasteiger charge is -2.06. The Morgan fingerprint density at radius 1 is 1.06 bits per heavy atom. The molecule has 0 aliphatic carbocycles. The van der Waals surface area contributed by atoms with Gasteiger partial charge in [-0.3, -0.25) is 0 Å². The number of fused-ring (bicyclic) bond motifs is 1. The van der Waals surface area contributed by atoms with Crippen molar-refractivity contribution in [2.45, 2.75) is 0 Å². The van der Waals surface area contributed by atoms with E-state index in [2.05, 4.69) is 16.4 Å². The number of aromatic nitrogens is 1. The summed E-state index contributed by atoms with van der Waals surface area (Å²) in [6.45, 7) is 0. The van der Waals surface area contributed by atoms with E-state index in [-0.39, 0.29) is 0 Å². The van der Waals surface area contributed by atoms with Gasteiger partial charge in [0.2, 0.25) is 0 Å². The lowest BCUT2D eigenvalue weighted by atomic mass is 10.2. The largest absolute Gasteiger partial charge is 0.399 e. The van der Waals surface area contributed by atoms with E-state index in [1.165, 1.54) is 4.70 Å². The van der Waals surface area contributed by atoms with Crippen LogP contribution in [0.25, 0.3) is 10.2 Å². The van der Waals surface area contributed by atoms with Crippen molar-refractivity contribution in [1.29, 1.82) is 0 Å². The Morgan fingerprint density at radius 2 is 1.94 bits per heavy atom. The molecular weight excluding hydrogens is 230 g/mol. The second-order valence-electron chi connectivity index (χ2n) is 3.79.